The molecule has 2 nitrogen and oxygen atoms in total. The van der Waals surface area contributed by atoms with Gasteiger partial charge in [-0.3, -0.25) is 0 Å². The molecule has 2 rings (SSSR count). The van der Waals surface area contributed by atoms with Crippen molar-refractivity contribution in [2.75, 3.05) is 11.1 Å². The zero-order chi connectivity index (χ0) is 13.1. The highest BCUT2D eigenvalue weighted by Gasteiger charge is 2.21. The van der Waals surface area contributed by atoms with Gasteiger partial charge in [0.2, 0.25) is 0 Å². The van der Waals surface area contributed by atoms with E-state index in [1.807, 2.05) is 6.07 Å². The Labute approximate surface area is 109 Å². The second-order valence-corrected chi connectivity index (χ2v) is 5.47. The molecule has 0 aromatic heterocycles. The van der Waals surface area contributed by atoms with Crippen molar-refractivity contribution in [2.45, 2.75) is 52.0 Å². The smallest absolute Gasteiger partial charge is 0.128 e. The second kappa shape index (κ2) is 5.59. The summed E-state index contributed by atoms with van der Waals surface area (Å²) < 4.78 is 13.3. The largest absolute Gasteiger partial charge is 0.397 e. The molecule has 1 aromatic rings. The maximum absolute atomic E-state index is 13.3. The van der Waals surface area contributed by atoms with Gasteiger partial charge in [0, 0.05) is 6.04 Å². The number of aryl methyl sites for hydroxylation is 1. The van der Waals surface area contributed by atoms with Gasteiger partial charge in [-0.05, 0) is 43.4 Å². The lowest BCUT2D eigenvalue weighted by Gasteiger charge is -2.30. The SMILES string of the molecule is CCC1CCCC(Nc2cc(C)c(F)cc2N)C1. The van der Waals surface area contributed by atoms with Gasteiger partial charge >= 0.3 is 0 Å². The first-order valence-electron chi connectivity index (χ1n) is 6.92. The van der Waals surface area contributed by atoms with Crippen LogP contribution in [0, 0.1) is 18.7 Å². The minimum atomic E-state index is -0.229. The quantitative estimate of drug-likeness (QED) is 0.793. The van der Waals surface area contributed by atoms with Crippen LogP contribution in [0.1, 0.15) is 44.6 Å². The summed E-state index contributed by atoms with van der Waals surface area (Å²) >= 11 is 0. The maximum atomic E-state index is 13.3. The summed E-state index contributed by atoms with van der Waals surface area (Å²) in [7, 11) is 0. The number of nitrogens with one attached hydrogen (secondary N) is 1. The Morgan fingerprint density at radius 2 is 2.17 bits per heavy atom. The third-order valence-electron chi connectivity index (χ3n) is 4.05. The lowest BCUT2D eigenvalue weighted by Crippen LogP contribution is -2.27. The predicted molar refractivity (Wildman–Crippen MR) is 75.2 cm³/mol. The van der Waals surface area contributed by atoms with Crippen LogP contribution in [0.15, 0.2) is 12.1 Å². The van der Waals surface area contributed by atoms with E-state index in [1.165, 1.54) is 38.2 Å². The molecular weight excluding hydrogens is 227 g/mol. The highest BCUT2D eigenvalue weighted by molar-refractivity contribution is 5.67. The van der Waals surface area contributed by atoms with Crippen molar-refractivity contribution in [1.82, 2.24) is 0 Å². The lowest BCUT2D eigenvalue weighted by molar-refractivity contribution is 0.327. The van der Waals surface area contributed by atoms with E-state index in [-0.39, 0.29) is 5.82 Å². The fourth-order valence-corrected chi connectivity index (χ4v) is 2.83. The van der Waals surface area contributed by atoms with Gasteiger partial charge in [-0.15, -0.1) is 0 Å². The summed E-state index contributed by atoms with van der Waals surface area (Å²) in [6.45, 7) is 4.03. The molecule has 3 heteroatoms. The van der Waals surface area contributed by atoms with E-state index in [0.29, 0.717) is 17.3 Å². The molecule has 0 saturated heterocycles. The van der Waals surface area contributed by atoms with E-state index in [2.05, 4.69) is 12.2 Å². The third kappa shape index (κ3) is 2.95. The molecule has 2 unspecified atom stereocenters. The Balaban J connectivity index is 2.07. The highest BCUT2D eigenvalue weighted by Crippen LogP contribution is 2.31. The number of anilines is 2. The molecule has 0 bridgehead atoms. The van der Waals surface area contributed by atoms with Crippen molar-refractivity contribution in [3.8, 4) is 0 Å². The summed E-state index contributed by atoms with van der Waals surface area (Å²) in [5.74, 6) is 0.590. The van der Waals surface area contributed by atoms with Crippen LogP contribution in [0.25, 0.3) is 0 Å². The van der Waals surface area contributed by atoms with Gasteiger partial charge in [0.25, 0.3) is 0 Å². The Morgan fingerprint density at radius 3 is 2.89 bits per heavy atom. The summed E-state index contributed by atoms with van der Waals surface area (Å²) in [5, 5.41) is 3.49. The van der Waals surface area contributed by atoms with E-state index < -0.39 is 0 Å². The molecule has 0 spiro atoms. The normalized spacial score (nSPS) is 23.9. The average Bonchev–Trinajstić information content (AvgIpc) is 2.36. The van der Waals surface area contributed by atoms with E-state index >= 15 is 0 Å². The molecule has 1 fully saturated rings. The molecule has 1 aliphatic rings. The topological polar surface area (TPSA) is 38.0 Å². The Hall–Kier alpha value is -1.25. The minimum absolute atomic E-state index is 0.229. The number of rotatable bonds is 3. The number of nitrogen functional groups attached to an aromatic ring is 1. The van der Waals surface area contributed by atoms with Crippen LogP contribution in [-0.2, 0) is 0 Å². The van der Waals surface area contributed by atoms with Crippen molar-refractivity contribution in [3.05, 3.63) is 23.5 Å². The van der Waals surface area contributed by atoms with Crippen molar-refractivity contribution in [3.63, 3.8) is 0 Å². The van der Waals surface area contributed by atoms with Crippen LogP contribution in [0.4, 0.5) is 15.8 Å². The zero-order valence-electron chi connectivity index (χ0n) is 11.3. The van der Waals surface area contributed by atoms with Crippen molar-refractivity contribution in [1.29, 1.82) is 0 Å². The summed E-state index contributed by atoms with van der Waals surface area (Å²) in [6, 6.07) is 3.72. The molecule has 18 heavy (non-hydrogen) atoms. The molecule has 3 N–H and O–H groups in total. The predicted octanol–water partition coefficient (Wildman–Crippen LogP) is 4.10. The van der Waals surface area contributed by atoms with E-state index in [9.17, 15) is 4.39 Å². The van der Waals surface area contributed by atoms with Crippen LogP contribution in [0.5, 0.6) is 0 Å². The minimum Gasteiger partial charge on any atom is -0.397 e. The molecular formula is C15H23FN2. The number of hydrogen-bond acceptors (Lipinski definition) is 2. The number of hydrogen-bond donors (Lipinski definition) is 2. The van der Waals surface area contributed by atoms with E-state index in [1.54, 1.807) is 6.92 Å². The fraction of sp³-hybridized carbons (Fsp3) is 0.600. The van der Waals surface area contributed by atoms with Crippen LogP contribution in [0.2, 0.25) is 0 Å². The molecule has 100 valence electrons. The highest BCUT2D eigenvalue weighted by atomic mass is 19.1. The van der Waals surface area contributed by atoms with Gasteiger partial charge in [0.1, 0.15) is 5.82 Å². The van der Waals surface area contributed by atoms with Crippen molar-refractivity contribution in [2.24, 2.45) is 5.92 Å². The molecule has 1 saturated carbocycles. The molecule has 0 amide bonds. The monoisotopic (exact) mass is 250 g/mol. The first-order valence-corrected chi connectivity index (χ1v) is 6.92. The number of halogens is 1. The zero-order valence-corrected chi connectivity index (χ0v) is 11.3. The first kappa shape index (κ1) is 13.2. The van der Waals surface area contributed by atoms with Gasteiger partial charge < -0.3 is 11.1 Å². The summed E-state index contributed by atoms with van der Waals surface area (Å²) in [6.07, 6.45) is 6.25. The van der Waals surface area contributed by atoms with Gasteiger partial charge in [0.05, 0.1) is 11.4 Å². The maximum Gasteiger partial charge on any atom is 0.128 e. The van der Waals surface area contributed by atoms with Gasteiger partial charge in [-0.25, -0.2) is 4.39 Å². The van der Waals surface area contributed by atoms with Crippen LogP contribution >= 0.6 is 0 Å². The summed E-state index contributed by atoms with van der Waals surface area (Å²) in [5.41, 5.74) is 7.92. The van der Waals surface area contributed by atoms with Crippen molar-refractivity contribution < 1.29 is 4.39 Å². The Kier molecular flexibility index (Phi) is 4.10. The fourth-order valence-electron chi connectivity index (χ4n) is 2.83. The number of nitrogens with two attached hydrogens (primary N) is 1. The summed E-state index contributed by atoms with van der Waals surface area (Å²) in [4.78, 5) is 0. The molecule has 1 aliphatic carbocycles. The van der Waals surface area contributed by atoms with E-state index in [4.69, 9.17) is 5.73 Å². The van der Waals surface area contributed by atoms with Gasteiger partial charge in [0.15, 0.2) is 0 Å². The molecule has 2 atom stereocenters. The van der Waals surface area contributed by atoms with E-state index in [0.717, 1.165) is 11.6 Å². The Morgan fingerprint density at radius 1 is 1.39 bits per heavy atom. The van der Waals surface area contributed by atoms with Crippen LogP contribution in [-0.4, -0.2) is 6.04 Å². The standard InChI is InChI=1S/C15H23FN2/c1-3-11-5-4-6-12(8-11)18-15-7-10(2)13(16)9-14(15)17/h7,9,11-12,18H,3-6,8,17H2,1-2H3. The van der Waals surface area contributed by atoms with Crippen LogP contribution < -0.4 is 11.1 Å². The Bertz CT molecular complexity index is 417. The third-order valence-corrected chi connectivity index (χ3v) is 4.05. The molecule has 0 radical (unpaired) electrons. The van der Waals surface area contributed by atoms with Gasteiger partial charge in [-0.1, -0.05) is 26.2 Å². The molecule has 0 heterocycles. The second-order valence-electron chi connectivity index (χ2n) is 5.47. The van der Waals surface area contributed by atoms with Crippen molar-refractivity contribution >= 4 is 11.4 Å². The van der Waals surface area contributed by atoms with Gasteiger partial charge in [-0.2, -0.15) is 0 Å². The molecule has 1 aromatic carbocycles. The number of benzene rings is 1. The molecule has 0 aliphatic heterocycles. The lowest BCUT2D eigenvalue weighted by atomic mass is 9.84. The first-order chi connectivity index (χ1) is 8.60. The van der Waals surface area contributed by atoms with Crippen LogP contribution in [0.3, 0.4) is 0 Å². The average molecular weight is 250 g/mol.